The number of amides is 1. The summed E-state index contributed by atoms with van der Waals surface area (Å²) in [7, 11) is 0. The molecular formula is C17H21NO5. The van der Waals surface area contributed by atoms with E-state index in [4.69, 9.17) is 9.84 Å². The van der Waals surface area contributed by atoms with Crippen molar-refractivity contribution in [3.8, 4) is 0 Å². The molecule has 124 valence electrons. The van der Waals surface area contributed by atoms with Gasteiger partial charge in [0.05, 0.1) is 19.1 Å². The van der Waals surface area contributed by atoms with Crippen molar-refractivity contribution in [3.05, 3.63) is 35.4 Å². The molecule has 2 aliphatic heterocycles. The summed E-state index contributed by atoms with van der Waals surface area (Å²) in [6.45, 7) is 1.12. The van der Waals surface area contributed by atoms with Gasteiger partial charge in [-0.05, 0) is 17.5 Å². The van der Waals surface area contributed by atoms with Crippen LogP contribution in [0, 0.1) is 0 Å². The number of ether oxygens (including phenoxy) is 1. The number of fused-ring (bicyclic) bond motifs is 1. The molecule has 1 aromatic carbocycles. The van der Waals surface area contributed by atoms with Gasteiger partial charge in [-0.25, -0.2) is 4.79 Å². The minimum Gasteiger partial charge on any atom is -0.479 e. The molecule has 3 rings (SSSR count). The van der Waals surface area contributed by atoms with Gasteiger partial charge in [-0.15, -0.1) is 0 Å². The minimum absolute atomic E-state index is 0.0564. The predicted octanol–water partition coefficient (Wildman–Crippen LogP) is 1.13. The highest BCUT2D eigenvalue weighted by Gasteiger charge is 2.40. The van der Waals surface area contributed by atoms with Gasteiger partial charge in [-0.1, -0.05) is 24.3 Å². The second-order valence-electron chi connectivity index (χ2n) is 6.23. The van der Waals surface area contributed by atoms with Crippen LogP contribution >= 0.6 is 0 Å². The molecule has 6 heteroatoms. The Morgan fingerprint density at radius 2 is 1.96 bits per heavy atom. The van der Waals surface area contributed by atoms with E-state index in [0.29, 0.717) is 6.61 Å². The van der Waals surface area contributed by atoms with Gasteiger partial charge in [-0.3, -0.25) is 4.79 Å². The molecule has 1 amide bonds. The van der Waals surface area contributed by atoms with Crippen LogP contribution in [0.2, 0.25) is 0 Å². The fourth-order valence-corrected chi connectivity index (χ4v) is 3.27. The third-order valence-electron chi connectivity index (χ3n) is 4.79. The summed E-state index contributed by atoms with van der Waals surface area (Å²) in [6.07, 6.45) is 0.998. The summed E-state index contributed by atoms with van der Waals surface area (Å²) in [4.78, 5) is 25.1. The maximum Gasteiger partial charge on any atom is 0.335 e. The lowest BCUT2D eigenvalue weighted by Crippen LogP contribution is -2.51. The molecule has 1 aromatic rings. The van der Waals surface area contributed by atoms with Gasteiger partial charge in [0, 0.05) is 25.9 Å². The molecule has 0 radical (unpaired) electrons. The zero-order valence-corrected chi connectivity index (χ0v) is 12.9. The number of nitrogens with zero attached hydrogens (tertiary/aromatic N) is 1. The van der Waals surface area contributed by atoms with Gasteiger partial charge >= 0.3 is 5.97 Å². The Bertz CT molecular complexity index is 607. The number of hydrogen-bond acceptors (Lipinski definition) is 4. The quantitative estimate of drug-likeness (QED) is 0.872. The number of piperidine rings is 1. The van der Waals surface area contributed by atoms with Crippen molar-refractivity contribution in [2.45, 2.75) is 37.4 Å². The zero-order chi connectivity index (χ0) is 16.4. The highest BCUT2D eigenvalue weighted by molar-refractivity contribution is 5.80. The number of likely N-dealkylation sites (tertiary alicyclic amines) is 1. The third kappa shape index (κ3) is 3.23. The number of carboxylic acid groups (broad SMARTS) is 1. The summed E-state index contributed by atoms with van der Waals surface area (Å²) < 4.78 is 5.75. The van der Waals surface area contributed by atoms with Crippen LogP contribution in [0.5, 0.6) is 0 Å². The lowest BCUT2D eigenvalue weighted by atomic mass is 9.91. The Morgan fingerprint density at radius 1 is 1.26 bits per heavy atom. The standard InChI is InChI=1S/C17H21NO5/c19-15(18-8-6-17(22,7-9-18)16(20)21)11-14-13-4-2-1-3-12(13)5-10-23-14/h1-4,14,22H,5-11H2,(H,20,21). The first-order chi connectivity index (χ1) is 11.0. The molecule has 0 bridgehead atoms. The molecule has 2 aliphatic rings. The van der Waals surface area contributed by atoms with E-state index >= 15 is 0 Å². The number of carbonyl (C=O) groups is 2. The lowest BCUT2D eigenvalue weighted by molar-refractivity contribution is -0.165. The van der Waals surface area contributed by atoms with Crippen molar-refractivity contribution in [3.63, 3.8) is 0 Å². The summed E-state index contributed by atoms with van der Waals surface area (Å²) >= 11 is 0. The van der Waals surface area contributed by atoms with E-state index in [0.717, 1.165) is 12.0 Å². The van der Waals surface area contributed by atoms with Crippen molar-refractivity contribution in [2.24, 2.45) is 0 Å². The van der Waals surface area contributed by atoms with Gasteiger partial charge in [0.15, 0.2) is 5.60 Å². The van der Waals surface area contributed by atoms with Crippen LogP contribution in [0.25, 0.3) is 0 Å². The second kappa shape index (κ2) is 6.29. The second-order valence-corrected chi connectivity index (χ2v) is 6.23. The Labute approximate surface area is 134 Å². The van der Waals surface area contributed by atoms with E-state index in [-0.39, 0.29) is 44.4 Å². The molecule has 6 nitrogen and oxygen atoms in total. The molecule has 1 atom stereocenters. The number of carboxylic acids is 1. The van der Waals surface area contributed by atoms with Crippen LogP contribution in [-0.2, 0) is 20.7 Å². The lowest BCUT2D eigenvalue weighted by Gasteiger charge is -2.36. The molecule has 1 unspecified atom stereocenters. The average Bonchev–Trinajstić information content (AvgIpc) is 2.55. The first-order valence-corrected chi connectivity index (χ1v) is 7.92. The molecule has 0 aromatic heterocycles. The van der Waals surface area contributed by atoms with Gasteiger partial charge in [0.1, 0.15) is 0 Å². The third-order valence-corrected chi connectivity index (χ3v) is 4.79. The van der Waals surface area contributed by atoms with Crippen molar-refractivity contribution in [1.82, 2.24) is 4.90 Å². The molecule has 1 fully saturated rings. The summed E-state index contributed by atoms with van der Waals surface area (Å²) in [6, 6.07) is 7.98. The SMILES string of the molecule is O=C(CC1OCCc2ccccc21)N1CCC(O)(C(=O)O)CC1. The number of aliphatic hydroxyl groups is 1. The van der Waals surface area contributed by atoms with Crippen LogP contribution in [0.1, 0.15) is 36.5 Å². The van der Waals surface area contributed by atoms with E-state index in [1.54, 1.807) is 4.90 Å². The Hall–Kier alpha value is -1.92. The average molecular weight is 319 g/mol. The molecule has 0 aliphatic carbocycles. The van der Waals surface area contributed by atoms with Gasteiger partial charge in [-0.2, -0.15) is 0 Å². The fourth-order valence-electron chi connectivity index (χ4n) is 3.27. The molecule has 1 saturated heterocycles. The normalized spacial score (nSPS) is 23.2. The van der Waals surface area contributed by atoms with E-state index in [2.05, 4.69) is 6.07 Å². The summed E-state index contributed by atoms with van der Waals surface area (Å²) in [5.41, 5.74) is 0.576. The zero-order valence-electron chi connectivity index (χ0n) is 12.9. The van der Waals surface area contributed by atoms with Crippen molar-refractivity contribution in [2.75, 3.05) is 19.7 Å². The first kappa shape index (κ1) is 16.0. The Kier molecular flexibility index (Phi) is 4.37. The molecule has 2 N–H and O–H groups in total. The van der Waals surface area contributed by atoms with Crippen LogP contribution in [-0.4, -0.2) is 52.3 Å². The number of carbonyl (C=O) groups excluding carboxylic acids is 1. The van der Waals surface area contributed by atoms with Crippen LogP contribution < -0.4 is 0 Å². The highest BCUT2D eigenvalue weighted by atomic mass is 16.5. The number of hydrogen-bond donors (Lipinski definition) is 2. The summed E-state index contributed by atoms with van der Waals surface area (Å²) in [5.74, 6) is -1.27. The largest absolute Gasteiger partial charge is 0.479 e. The number of benzene rings is 1. The molecular weight excluding hydrogens is 298 g/mol. The monoisotopic (exact) mass is 319 g/mol. The van der Waals surface area contributed by atoms with Crippen LogP contribution in [0.3, 0.4) is 0 Å². The van der Waals surface area contributed by atoms with E-state index in [9.17, 15) is 14.7 Å². The van der Waals surface area contributed by atoms with Crippen LogP contribution in [0.15, 0.2) is 24.3 Å². The highest BCUT2D eigenvalue weighted by Crippen LogP contribution is 2.31. The number of rotatable bonds is 3. The molecule has 23 heavy (non-hydrogen) atoms. The topological polar surface area (TPSA) is 87.1 Å². The molecule has 2 heterocycles. The van der Waals surface area contributed by atoms with Gasteiger partial charge in [0.2, 0.25) is 5.91 Å². The van der Waals surface area contributed by atoms with Gasteiger partial charge in [0.25, 0.3) is 0 Å². The van der Waals surface area contributed by atoms with Crippen molar-refractivity contribution < 1.29 is 24.5 Å². The number of aliphatic carboxylic acids is 1. The van der Waals surface area contributed by atoms with E-state index in [1.807, 2.05) is 18.2 Å². The van der Waals surface area contributed by atoms with Crippen LogP contribution in [0.4, 0.5) is 0 Å². The molecule has 0 spiro atoms. The van der Waals surface area contributed by atoms with E-state index < -0.39 is 11.6 Å². The summed E-state index contributed by atoms with van der Waals surface area (Å²) in [5, 5.41) is 19.0. The van der Waals surface area contributed by atoms with Crippen molar-refractivity contribution >= 4 is 11.9 Å². The fraction of sp³-hybridized carbons (Fsp3) is 0.529. The van der Waals surface area contributed by atoms with E-state index in [1.165, 1.54) is 5.56 Å². The van der Waals surface area contributed by atoms with Crippen molar-refractivity contribution in [1.29, 1.82) is 0 Å². The smallest absolute Gasteiger partial charge is 0.335 e. The maximum atomic E-state index is 12.5. The first-order valence-electron chi connectivity index (χ1n) is 7.92. The Morgan fingerprint density at radius 3 is 2.65 bits per heavy atom. The minimum atomic E-state index is -1.70. The predicted molar refractivity (Wildman–Crippen MR) is 81.9 cm³/mol. The maximum absolute atomic E-state index is 12.5. The van der Waals surface area contributed by atoms with Gasteiger partial charge < -0.3 is 19.8 Å². The molecule has 0 saturated carbocycles. The Balaban J connectivity index is 1.62.